The van der Waals surface area contributed by atoms with Crippen LogP contribution < -0.4 is 10.0 Å². The molecule has 0 spiro atoms. The molecule has 3 aromatic carbocycles. The van der Waals surface area contributed by atoms with Crippen LogP contribution in [0.1, 0.15) is 40.1 Å². The summed E-state index contributed by atoms with van der Waals surface area (Å²) in [4.78, 5) is 16.5. The fourth-order valence-corrected chi connectivity index (χ4v) is 5.21. The molecule has 0 bridgehead atoms. The highest BCUT2D eigenvalue weighted by atomic mass is 32.2. The number of carbonyl (C=O) groups excluding carboxylic acids is 1. The predicted molar refractivity (Wildman–Crippen MR) is 149 cm³/mol. The van der Waals surface area contributed by atoms with Crippen LogP contribution in [-0.4, -0.2) is 37.0 Å². The van der Waals surface area contributed by atoms with Crippen LogP contribution in [0.25, 0.3) is 11.1 Å². The molecule has 196 valence electrons. The number of aliphatic hydroxyl groups is 1. The number of amides is 1. The Bertz CT molecular complexity index is 1430. The molecule has 0 radical (unpaired) electrons. The Labute approximate surface area is 223 Å². The van der Waals surface area contributed by atoms with Gasteiger partial charge >= 0.3 is 0 Å². The molecule has 1 amide bonds. The average Bonchev–Trinajstić information content (AvgIpc) is 2.93. The molecular formula is C30H31N3O4S. The van der Waals surface area contributed by atoms with Crippen molar-refractivity contribution in [2.75, 3.05) is 6.54 Å². The quantitative estimate of drug-likeness (QED) is 0.268. The van der Waals surface area contributed by atoms with Crippen LogP contribution in [0, 0.1) is 0 Å². The number of hydrogen-bond acceptors (Lipinski definition) is 6. The number of rotatable bonds is 11. The zero-order chi connectivity index (χ0) is 27.0. The van der Waals surface area contributed by atoms with E-state index < -0.39 is 22.0 Å². The molecule has 4 aromatic rings. The summed E-state index contributed by atoms with van der Waals surface area (Å²) in [6.07, 6.45) is 3.55. The third-order valence-corrected chi connectivity index (χ3v) is 7.36. The maximum atomic E-state index is 12.5. The van der Waals surface area contributed by atoms with Crippen molar-refractivity contribution in [3.8, 4) is 11.1 Å². The van der Waals surface area contributed by atoms with Gasteiger partial charge in [-0.2, -0.15) is 0 Å². The standard InChI is InChI=1S/C30H31N3O4S/c1-22(32-20-29(34)28-8-5-17-31-19-28)18-23-9-11-25(12-10-23)26-13-15-27(16-14-26)30(35)33-38(36,37)21-24-6-3-2-4-7-24/h2-17,19,22,29,32,34H,18,20-21H2,1H3,(H,33,35)/t22-,29+/m1/s1. The van der Waals surface area contributed by atoms with Crippen molar-refractivity contribution in [3.63, 3.8) is 0 Å². The van der Waals surface area contributed by atoms with Crippen molar-refractivity contribution < 1.29 is 18.3 Å². The van der Waals surface area contributed by atoms with Crippen molar-refractivity contribution in [3.05, 3.63) is 126 Å². The van der Waals surface area contributed by atoms with E-state index in [1.807, 2.05) is 24.3 Å². The van der Waals surface area contributed by atoms with Gasteiger partial charge in [0.05, 0.1) is 11.9 Å². The Hall–Kier alpha value is -3.85. The van der Waals surface area contributed by atoms with Crippen LogP contribution in [0.5, 0.6) is 0 Å². The summed E-state index contributed by atoms with van der Waals surface area (Å²) in [5.41, 5.74) is 4.74. The SMILES string of the molecule is C[C@H](Cc1ccc(-c2ccc(C(=O)NS(=O)(=O)Cc3ccccc3)cc2)cc1)NC[C@H](O)c1cccnc1. The third kappa shape index (κ3) is 7.82. The highest BCUT2D eigenvalue weighted by Gasteiger charge is 2.17. The van der Waals surface area contributed by atoms with Crippen molar-refractivity contribution in [2.24, 2.45) is 0 Å². The molecule has 3 N–H and O–H groups in total. The third-order valence-electron chi connectivity index (χ3n) is 6.15. The second kappa shape index (κ2) is 12.6. The lowest BCUT2D eigenvalue weighted by atomic mass is 10.00. The largest absolute Gasteiger partial charge is 0.387 e. The van der Waals surface area contributed by atoms with Crippen LogP contribution in [-0.2, 0) is 22.2 Å². The molecule has 1 aromatic heterocycles. The normalized spacial score (nSPS) is 13.0. The minimum absolute atomic E-state index is 0.170. The number of aromatic nitrogens is 1. The lowest BCUT2D eigenvalue weighted by molar-refractivity contribution is 0.0981. The molecule has 0 fully saturated rings. The van der Waals surface area contributed by atoms with Crippen LogP contribution >= 0.6 is 0 Å². The minimum atomic E-state index is -3.80. The molecule has 0 saturated heterocycles. The van der Waals surface area contributed by atoms with E-state index in [4.69, 9.17) is 0 Å². The van der Waals surface area contributed by atoms with Crippen molar-refractivity contribution in [1.29, 1.82) is 0 Å². The van der Waals surface area contributed by atoms with Gasteiger partial charge in [-0.3, -0.25) is 9.78 Å². The Morgan fingerprint density at radius 2 is 1.53 bits per heavy atom. The van der Waals surface area contributed by atoms with Gasteiger partial charge in [0.1, 0.15) is 0 Å². The molecule has 8 heteroatoms. The fraction of sp³-hybridized carbons (Fsp3) is 0.200. The topological polar surface area (TPSA) is 108 Å². The van der Waals surface area contributed by atoms with E-state index in [9.17, 15) is 18.3 Å². The zero-order valence-corrected chi connectivity index (χ0v) is 21.9. The second-order valence-electron chi connectivity index (χ2n) is 9.27. The number of carbonyl (C=O) groups is 1. The van der Waals surface area contributed by atoms with Gasteiger partial charge in [0.15, 0.2) is 0 Å². The number of nitrogens with one attached hydrogen (secondary N) is 2. The van der Waals surface area contributed by atoms with Gasteiger partial charge in [0.25, 0.3) is 5.91 Å². The first-order chi connectivity index (χ1) is 18.3. The Balaban J connectivity index is 1.30. The van der Waals surface area contributed by atoms with Crippen molar-refractivity contribution in [2.45, 2.75) is 31.2 Å². The van der Waals surface area contributed by atoms with E-state index in [0.717, 1.165) is 28.7 Å². The predicted octanol–water partition coefficient (Wildman–Crippen LogP) is 4.26. The van der Waals surface area contributed by atoms with Crippen molar-refractivity contribution >= 4 is 15.9 Å². The summed E-state index contributed by atoms with van der Waals surface area (Å²) in [6.45, 7) is 2.52. The molecule has 0 aliphatic heterocycles. The van der Waals surface area contributed by atoms with Crippen LogP contribution in [0.15, 0.2) is 103 Å². The second-order valence-corrected chi connectivity index (χ2v) is 11.0. The minimum Gasteiger partial charge on any atom is -0.387 e. The Morgan fingerprint density at radius 3 is 2.16 bits per heavy atom. The monoisotopic (exact) mass is 529 g/mol. The summed E-state index contributed by atoms with van der Waals surface area (Å²) in [6, 6.07) is 27.6. The molecule has 0 aliphatic rings. The summed E-state index contributed by atoms with van der Waals surface area (Å²) >= 11 is 0. The maximum absolute atomic E-state index is 12.5. The molecule has 0 unspecified atom stereocenters. The molecule has 1 heterocycles. The molecule has 0 aliphatic carbocycles. The molecule has 2 atom stereocenters. The zero-order valence-electron chi connectivity index (χ0n) is 21.1. The van der Waals surface area contributed by atoms with Crippen LogP contribution in [0.3, 0.4) is 0 Å². The fourth-order valence-electron chi connectivity index (χ4n) is 4.11. The molecule has 38 heavy (non-hydrogen) atoms. The molecular weight excluding hydrogens is 498 g/mol. The van der Waals surface area contributed by atoms with Gasteiger partial charge in [-0.15, -0.1) is 0 Å². The Morgan fingerprint density at radius 1 is 0.868 bits per heavy atom. The lowest BCUT2D eigenvalue weighted by Gasteiger charge is -2.17. The van der Waals surface area contributed by atoms with E-state index in [1.54, 1.807) is 67.0 Å². The van der Waals surface area contributed by atoms with Gasteiger partial charge in [-0.1, -0.05) is 72.8 Å². The van der Waals surface area contributed by atoms with E-state index in [1.165, 1.54) is 0 Å². The highest BCUT2D eigenvalue weighted by Crippen LogP contribution is 2.21. The summed E-state index contributed by atoms with van der Waals surface area (Å²) < 4.78 is 26.9. The summed E-state index contributed by atoms with van der Waals surface area (Å²) in [7, 11) is -3.80. The van der Waals surface area contributed by atoms with Gasteiger partial charge in [-0.25, -0.2) is 13.1 Å². The number of sulfonamides is 1. The maximum Gasteiger partial charge on any atom is 0.264 e. The number of aliphatic hydroxyl groups excluding tert-OH is 1. The molecule has 4 rings (SSSR count). The number of pyridine rings is 1. The number of nitrogens with zero attached hydrogens (tertiary/aromatic N) is 1. The summed E-state index contributed by atoms with van der Waals surface area (Å²) in [5, 5.41) is 13.7. The first-order valence-electron chi connectivity index (χ1n) is 12.4. The smallest absolute Gasteiger partial charge is 0.264 e. The van der Waals surface area contributed by atoms with Gasteiger partial charge < -0.3 is 10.4 Å². The molecule has 0 saturated carbocycles. The van der Waals surface area contributed by atoms with Crippen LogP contribution in [0.4, 0.5) is 0 Å². The van der Waals surface area contributed by atoms with E-state index in [-0.39, 0.29) is 17.4 Å². The average molecular weight is 530 g/mol. The van der Waals surface area contributed by atoms with Gasteiger partial charge in [0.2, 0.25) is 10.0 Å². The first kappa shape index (κ1) is 27.2. The van der Waals surface area contributed by atoms with E-state index >= 15 is 0 Å². The Kier molecular flexibility index (Phi) is 9.02. The van der Waals surface area contributed by atoms with Gasteiger partial charge in [-0.05, 0) is 53.8 Å². The lowest BCUT2D eigenvalue weighted by Crippen LogP contribution is -2.32. The number of hydrogen-bond donors (Lipinski definition) is 3. The number of benzene rings is 3. The van der Waals surface area contributed by atoms with E-state index in [2.05, 4.69) is 34.1 Å². The van der Waals surface area contributed by atoms with Gasteiger partial charge in [0, 0.05) is 36.1 Å². The molecule has 7 nitrogen and oxygen atoms in total. The highest BCUT2D eigenvalue weighted by molar-refractivity contribution is 7.89. The van der Waals surface area contributed by atoms with Crippen LogP contribution in [0.2, 0.25) is 0 Å². The van der Waals surface area contributed by atoms with E-state index in [0.29, 0.717) is 12.1 Å². The summed E-state index contributed by atoms with van der Waals surface area (Å²) in [5.74, 6) is -0.915. The first-order valence-corrected chi connectivity index (χ1v) is 14.0. The van der Waals surface area contributed by atoms with Crippen molar-refractivity contribution in [1.82, 2.24) is 15.0 Å².